The Kier molecular flexibility index (Phi) is 2.92. The van der Waals surface area contributed by atoms with Crippen LogP contribution in [0.2, 0.25) is 0 Å². The lowest BCUT2D eigenvalue weighted by atomic mass is 9.83. The topological polar surface area (TPSA) is 26.0 Å². The van der Waals surface area contributed by atoms with E-state index in [-0.39, 0.29) is 11.3 Å². The fourth-order valence-corrected chi connectivity index (χ4v) is 1.51. The van der Waals surface area contributed by atoms with Crippen LogP contribution in [0.4, 0.5) is 23.2 Å². The second-order valence-electron chi connectivity index (χ2n) is 4.67. The molecule has 1 rings (SSSR count). The van der Waals surface area contributed by atoms with Gasteiger partial charge in [-0.3, -0.25) is 0 Å². The summed E-state index contributed by atoms with van der Waals surface area (Å²) in [5.74, 6) is -1.32. The Bertz CT molecular complexity index is 402. The molecule has 0 spiro atoms. The molecule has 0 aliphatic carbocycles. The molecule has 0 heterocycles. The smallest absolute Gasteiger partial charge is 0.399 e. The third kappa shape index (κ3) is 2.46. The zero-order valence-corrected chi connectivity index (χ0v) is 9.24. The largest absolute Gasteiger partial charge is 0.419 e. The van der Waals surface area contributed by atoms with E-state index in [4.69, 9.17) is 5.73 Å². The summed E-state index contributed by atoms with van der Waals surface area (Å²) in [4.78, 5) is 0. The summed E-state index contributed by atoms with van der Waals surface area (Å²) >= 11 is 0. The molecule has 0 saturated heterocycles. The zero-order valence-electron chi connectivity index (χ0n) is 9.24. The SMILES string of the molecule is CC(C)(C)c1cc(N)cc(F)c1C(F)(F)F. The van der Waals surface area contributed by atoms with Crippen molar-refractivity contribution in [1.29, 1.82) is 0 Å². The first-order valence-corrected chi connectivity index (χ1v) is 4.70. The summed E-state index contributed by atoms with van der Waals surface area (Å²) in [5, 5.41) is 0. The molecule has 0 aromatic heterocycles. The van der Waals surface area contributed by atoms with E-state index in [1.165, 1.54) is 6.07 Å². The van der Waals surface area contributed by atoms with Crippen molar-refractivity contribution >= 4 is 5.69 Å². The molecule has 1 aromatic carbocycles. The molecule has 0 radical (unpaired) electrons. The number of anilines is 1. The highest BCUT2D eigenvalue weighted by atomic mass is 19.4. The Balaban J connectivity index is 3.58. The number of rotatable bonds is 0. The van der Waals surface area contributed by atoms with Gasteiger partial charge in [0.05, 0.1) is 5.56 Å². The molecule has 5 heteroatoms. The van der Waals surface area contributed by atoms with E-state index in [1.807, 2.05) is 0 Å². The van der Waals surface area contributed by atoms with Crippen LogP contribution in [-0.4, -0.2) is 0 Å². The Hall–Kier alpha value is -1.26. The lowest BCUT2D eigenvalue weighted by molar-refractivity contribution is -0.141. The molecule has 0 aliphatic rings. The maximum Gasteiger partial charge on any atom is 0.419 e. The molecular formula is C11H13F4N. The number of hydrogen-bond donors (Lipinski definition) is 1. The van der Waals surface area contributed by atoms with Crippen LogP contribution in [0.1, 0.15) is 31.9 Å². The molecule has 0 amide bonds. The van der Waals surface area contributed by atoms with Crippen molar-refractivity contribution in [3.05, 3.63) is 29.1 Å². The van der Waals surface area contributed by atoms with Crippen molar-refractivity contribution in [1.82, 2.24) is 0 Å². The standard InChI is InChI=1S/C11H13F4N/c1-10(2,3)7-4-6(16)5-8(12)9(7)11(13,14)15/h4-5H,16H2,1-3H3. The minimum Gasteiger partial charge on any atom is -0.399 e. The fraction of sp³-hybridized carbons (Fsp3) is 0.455. The fourth-order valence-electron chi connectivity index (χ4n) is 1.51. The lowest BCUT2D eigenvalue weighted by Crippen LogP contribution is -2.21. The molecule has 90 valence electrons. The molecule has 0 atom stereocenters. The maximum atomic E-state index is 13.3. The van der Waals surface area contributed by atoms with E-state index in [0.29, 0.717) is 6.07 Å². The second kappa shape index (κ2) is 3.64. The van der Waals surface area contributed by atoms with E-state index in [9.17, 15) is 17.6 Å². The molecule has 0 fully saturated rings. The number of nitrogen functional groups attached to an aromatic ring is 1. The summed E-state index contributed by atoms with van der Waals surface area (Å²) in [6.07, 6.45) is -4.71. The second-order valence-corrected chi connectivity index (χ2v) is 4.67. The number of hydrogen-bond acceptors (Lipinski definition) is 1. The Labute approximate surface area is 91.3 Å². The van der Waals surface area contributed by atoms with Gasteiger partial charge in [-0.05, 0) is 23.1 Å². The number of benzene rings is 1. The van der Waals surface area contributed by atoms with Crippen molar-refractivity contribution in [3.63, 3.8) is 0 Å². The predicted molar refractivity (Wildman–Crippen MR) is 54.5 cm³/mol. The predicted octanol–water partition coefficient (Wildman–Crippen LogP) is 3.72. The molecule has 0 saturated carbocycles. The van der Waals surface area contributed by atoms with E-state index in [2.05, 4.69) is 0 Å². The van der Waals surface area contributed by atoms with E-state index >= 15 is 0 Å². The first kappa shape index (κ1) is 12.8. The van der Waals surface area contributed by atoms with Crippen LogP contribution in [0, 0.1) is 5.82 Å². The monoisotopic (exact) mass is 235 g/mol. The number of halogens is 4. The quantitative estimate of drug-likeness (QED) is 0.538. The van der Waals surface area contributed by atoms with Gasteiger partial charge in [-0.25, -0.2) is 4.39 Å². The van der Waals surface area contributed by atoms with Crippen molar-refractivity contribution in [2.45, 2.75) is 32.4 Å². The highest BCUT2D eigenvalue weighted by molar-refractivity contribution is 5.49. The van der Waals surface area contributed by atoms with Gasteiger partial charge in [0.1, 0.15) is 5.82 Å². The van der Waals surface area contributed by atoms with Gasteiger partial charge in [0.2, 0.25) is 0 Å². The first-order valence-electron chi connectivity index (χ1n) is 4.70. The summed E-state index contributed by atoms with van der Waals surface area (Å²) in [6, 6.07) is 1.87. The molecule has 0 unspecified atom stereocenters. The van der Waals surface area contributed by atoms with Crippen molar-refractivity contribution < 1.29 is 17.6 Å². The van der Waals surface area contributed by atoms with Gasteiger partial charge >= 0.3 is 6.18 Å². The van der Waals surface area contributed by atoms with E-state index in [0.717, 1.165) is 0 Å². The molecule has 0 aliphatic heterocycles. The third-order valence-corrected chi connectivity index (χ3v) is 2.20. The minimum atomic E-state index is -4.71. The molecule has 0 bridgehead atoms. The van der Waals surface area contributed by atoms with Crippen LogP contribution in [0.25, 0.3) is 0 Å². The van der Waals surface area contributed by atoms with Crippen LogP contribution >= 0.6 is 0 Å². The Morgan fingerprint density at radius 1 is 1.06 bits per heavy atom. The average molecular weight is 235 g/mol. The zero-order chi connectivity index (χ0) is 12.7. The molecule has 2 N–H and O–H groups in total. The molecule has 1 nitrogen and oxygen atoms in total. The van der Waals surface area contributed by atoms with Gasteiger partial charge in [0.25, 0.3) is 0 Å². The van der Waals surface area contributed by atoms with E-state index < -0.39 is 23.0 Å². The van der Waals surface area contributed by atoms with Crippen LogP contribution in [0.5, 0.6) is 0 Å². The van der Waals surface area contributed by atoms with Crippen molar-refractivity contribution in [3.8, 4) is 0 Å². The van der Waals surface area contributed by atoms with Gasteiger partial charge in [-0.15, -0.1) is 0 Å². The van der Waals surface area contributed by atoms with Crippen molar-refractivity contribution in [2.24, 2.45) is 0 Å². The van der Waals surface area contributed by atoms with Crippen LogP contribution < -0.4 is 5.73 Å². The van der Waals surface area contributed by atoms with Gasteiger partial charge < -0.3 is 5.73 Å². The normalized spacial score (nSPS) is 12.9. The highest BCUT2D eigenvalue weighted by Gasteiger charge is 2.39. The molecule has 16 heavy (non-hydrogen) atoms. The maximum absolute atomic E-state index is 13.3. The van der Waals surface area contributed by atoms with Gasteiger partial charge in [-0.1, -0.05) is 20.8 Å². The van der Waals surface area contributed by atoms with Gasteiger partial charge in [-0.2, -0.15) is 13.2 Å². The summed E-state index contributed by atoms with van der Waals surface area (Å²) in [5.41, 5.74) is 3.18. The minimum absolute atomic E-state index is 0.00424. The summed E-state index contributed by atoms with van der Waals surface area (Å²) < 4.78 is 51.4. The van der Waals surface area contributed by atoms with Gasteiger partial charge in [0.15, 0.2) is 0 Å². The Morgan fingerprint density at radius 3 is 1.94 bits per heavy atom. The highest BCUT2D eigenvalue weighted by Crippen LogP contribution is 2.40. The van der Waals surface area contributed by atoms with Crippen LogP contribution in [0.15, 0.2) is 12.1 Å². The summed E-state index contributed by atoms with van der Waals surface area (Å²) in [7, 11) is 0. The third-order valence-electron chi connectivity index (χ3n) is 2.20. The first-order chi connectivity index (χ1) is 7.03. The van der Waals surface area contributed by atoms with E-state index in [1.54, 1.807) is 20.8 Å². The van der Waals surface area contributed by atoms with Crippen LogP contribution in [0.3, 0.4) is 0 Å². The molecule has 1 aromatic rings. The van der Waals surface area contributed by atoms with Crippen molar-refractivity contribution in [2.75, 3.05) is 5.73 Å². The van der Waals surface area contributed by atoms with Crippen LogP contribution in [-0.2, 0) is 11.6 Å². The van der Waals surface area contributed by atoms with Gasteiger partial charge in [0, 0.05) is 5.69 Å². The average Bonchev–Trinajstić information content (AvgIpc) is 1.97. The summed E-state index contributed by atoms with van der Waals surface area (Å²) in [6.45, 7) is 4.74. The Morgan fingerprint density at radius 2 is 1.56 bits per heavy atom. The molecular weight excluding hydrogens is 222 g/mol. The lowest BCUT2D eigenvalue weighted by Gasteiger charge is -2.25. The number of alkyl halides is 3. The number of nitrogens with two attached hydrogens (primary N) is 1.